The van der Waals surface area contributed by atoms with Crippen LogP contribution in [-0.4, -0.2) is 11.5 Å². The fourth-order valence-electron chi connectivity index (χ4n) is 0.342. The molecule has 0 spiro atoms. The fraction of sp³-hybridized carbons (Fsp3) is 1.00. The van der Waals surface area contributed by atoms with Gasteiger partial charge in [-0.15, -0.1) is 13.3 Å². The molecule has 11 heavy (non-hydrogen) atoms. The molecule has 0 radical (unpaired) electrons. The lowest BCUT2D eigenvalue weighted by molar-refractivity contribution is 0.296. The van der Waals surface area contributed by atoms with E-state index in [4.69, 9.17) is 4.89 Å². The van der Waals surface area contributed by atoms with Crippen molar-refractivity contribution in [1.29, 1.82) is 0 Å². The van der Waals surface area contributed by atoms with Crippen LogP contribution < -0.4 is 4.86 Å². The van der Waals surface area contributed by atoms with Gasteiger partial charge in [-0.3, -0.25) is 4.52 Å². The van der Waals surface area contributed by atoms with Gasteiger partial charge in [-0.25, -0.2) is 9.13 Å². The highest BCUT2D eigenvalue weighted by molar-refractivity contribution is 7.66. The lowest BCUT2D eigenvalue weighted by Gasteiger charge is -2.08. The summed E-state index contributed by atoms with van der Waals surface area (Å²) in [5, 5.41) is 0. The Morgan fingerprint density at radius 1 is 1.55 bits per heavy atom. The molecule has 0 aromatic heterocycles. The Kier molecular flexibility index (Phi) is 3.80. The highest BCUT2D eigenvalue weighted by Gasteiger charge is 2.32. The minimum Gasteiger partial charge on any atom is -0.309 e. The van der Waals surface area contributed by atoms with Crippen LogP contribution in [0.15, 0.2) is 0 Å². The number of rotatable bonds is 4. The summed E-state index contributed by atoms with van der Waals surface area (Å²) in [4.78, 5) is 8.57. The van der Waals surface area contributed by atoms with E-state index in [-0.39, 0.29) is 6.61 Å². The summed E-state index contributed by atoms with van der Waals surface area (Å²) < 4.78 is 47.8. The normalized spacial score (nSPS) is 22.2. The molecule has 0 aliphatic rings. The Balaban J connectivity index is 4.14. The van der Waals surface area contributed by atoms with E-state index >= 15 is 0 Å². The summed E-state index contributed by atoms with van der Waals surface area (Å²) in [6, 6.07) is 0. The number of halogens is 2. The van der Waals surface area contributed by atoms with Gasteiger partial charge in [0.15, 0.2) is 0 Å². The third-order valence-electron chi connectivity index (χ3n) is 0.538. The van der Waals surface area contributed by atoms with Crippen molar-refractivity contribution >= 4 is 15.7 Å². The summed E-state index contributed by atoms with van der Waals surface area (Å²) >= 11 is 0. The van der Waals surface area contributed by atoms with Gasteiger partial charge in [0.2, 0.25) is 0 Å². The molecule has 2 N–H and O–H groups in total. The van der Waals surface area contributed by atoms with Crippen LogP contribution in [0.1, 0.15) is 6.92 Å². The predicted octanol–water partition coefficient (Wildman–Crippen LogP) is 1.76. The molecule has 68 valence electrons. The Bertz CT molecular complexity index is 214. The highest BCUT2D eigenvalue weighted by atomic mass is 31.3. The number of nitrogens with one attached hydrogen (secondary N) is 1. The summed E-state index contributed by atoms with van der Waals surface area (Å²) in [5.74, 6) is 0. The van der Waals surface area contributed by atoms with Crippen molar-refractivity contribution in [2.45, 2.75) is 6.92 Å². The molecular weight excluding hydrogens is 202 g/mol. The largest absolute Gasteiger partial charge is 0.452 e. The molecule has 0 aromatic carbocycles. The Hall–Kier alpha value is 0.200. The van der Waals surface area contributed by atoms with E-state index in [9.17, 15) is 17.5 Å². The van der Waals surface area contributed by atoms with Crippen LogP contribution in [0.25, 0.3) is 0 Å². The summed E-state index contributed by atoms with van der Waals surface area (Å²) in [7, 11) is -10.3. The molecule has 0 aliphatic heterocycles. The van der Waals surface area contributed by atoms with Crippen molar-refractivity contribution in [2.24, 2.45) is 0 Å². The Morgan fingerprint density at radius 3 is 2.27 bits per heavy atom. The highest BCUT2D eigenvalue weighted by Crippen LogP contribution is 2.55. The Morgan fingerprint density at radius 2 is 2.00 bits per heavy atom. The first-order chi connectivity index (χ1) is 4.77. The van der Waals surface area contributed by atoms with Crippen LogP contribution in [0.2, 0.25) is 0 Å². The molecule has 0 aliphatic carbocycles. The maximum absolute atomic E-state index is 12.2. The smallest absolute Gasteiger partial charge is 0.309 e. The molecule has 0 saturated carbocycles. The molecule has 2 atom stereocenters. The first-order valence-corrected chi connectivity index (χ1v) is 5.59. The van der Waals surface area contributed by atoms with Crippen molar-refractivity contribution in [3.63, 3.8) is 0 Å². The molecule has 5 nitrogen and oxygen atoms in total. The van der Waals surface area contributed by atoms with Gasteiger partial charge >= 0.3 is 15.7 Å². The number of hydrogen-bond acceptors (Lipinski definition) is 3. The van der Waals surface area contributed by atoms with Crippen LogP contribution >= 0.6 is 15.7 Å². The predicted molar refractivity (Wildman–Crippen MR) is 34.4 cm³/mol. The molecule has 9 heteroatoms. The van der Waals surface area contributed by atoms with Crippen LogP contribution in [-0.2, 0) is 13.7 Å². The molecule has 0 bridgehead atoms. The number of hydrogen-bond donors (Lipinski definition) is 2. The van der Waals surface area contributed by atoms with Crippen molar-refractivity contribution in [1.82, 2.24) is 4.86 Å². The van der Waals surface area contributed by atoms with Gasteiger partial charge < -0.3 is 4.89 Å². The molecule has 0 aromatic rings. The van der Waals surface area contributed by atoms with E-state index < -0.39 is 15.7 Å². The van der Waals surface area contributed by atoms with Crippen molar-refractivity contribution in [3.8, 4) is 0 Å². The minimum atomic E-state index is -5.33. The van der Waals surface area contributed by atoms with E-state index in [0.29, 0.717) is 4.86 Å². The van der Waals surface area contributed by atoms with E-state index in [1.165, 1.54) is 6.92 Å². The van der Waals surface area contributed by atoms with Gasteiger partial charge in [-0.05, 0) is 6.92 Å². The average molecular weight is 209 g/mol. The van der Waals surface area contributed by atoms with E-state index in [1.807, 2.05) is 0 Å². The molecule has 0 saturated heterocycles. The van der Waals surface area contributed by atoms with Gasteiger partial charge in [-0.2, -0.15) is 0 Å². The fourth-order valence-corrected chi connectivity index (χ4v) is 2.08. The third-order valence-corrected chi connectivity index (χ3v) is 3.07. The van der Waals surface area contributed by atoms with Crippen LogP contribution in [0.4, 0.5) is 8.39 Å². The summed E-state index contributed by atoms with van der Waals surface area (Å²) in [6.45, 7) is 1.01. The van der Waals surface area contributed by atoms with Gasteiger partial charge in [0.25, 0.3) is 0 Å². The van der Waals surface area contributed by atoms with Crippen LogP contribution in [0.5, 0.6) is 0 Å². The van der Waals surface area contributed by atoms with E-state index in [0.717, 1.165) is 0 Å². The van der Waals surface area contributed by atoms with Crippen LogP contribution in [0, 0.1) is 0 Å². The van der Waals surface area contributed by atoms with Crippen LogP contribution in [0.3, 0.4) is 0 Å². The van der Waals surface area contributed by atoms with Crippen molar-refractivity contribution < 1.29 is 26.9 Å². The lowest BCUT2D eigenvalue weighted by Crippen LogP contribution is -2.03. The van der Waals surface area contributed by atoms with Gasteiger partial charge in [-0.1, -0.05) is 0 Å². The minimum absolute atomic E-state index is 0.291. The second-order valence-electron chi connectivity index (χ2n) is 1.50. The third kappa shape index (κ3) is 6.59. The van der Waals surface area contributed by atoms with Gasteiger partial charge in [0.1, 0.15) is 0 Å². The molecule has 0 rings (SSSR count). The zero-order valence-corrected chi connectivity index (χ0v) is 7.32. The molecular formula is C2H7F2NO4P2. The zero-order chi connectivity index (χ0) is 9.12. The second-order valence-corrected chi connectivity index (χ2v) is 4.52. The van der Waals surface area contributed by atoms with Crippen molar-refractivity contribution in [2.75, 3.05) is 6.61 Å². The Labute approximate surface area is 62.0 Å². The molecule has 0 amide bonds. The first-order valence-electron chi connectivity index (χ1n) is 2.53. The summed E-state index contributed by atoms with van der Waals surface area (Å²) in [5.41, 5.74) is 0. The van der Waals surface area contributed by atoms with Crippen molar-refractivity contribution in [3.05, 3.63) is 0 Å². The topological polar surface area (TPSA) is 75.6 Å². The quantitative estimate of drug-likeness (QED) is 0.689. The molecule has 2 unspecified atom stereocenters. The molecule has 0 heterocycles. The zero-order valence-electron chi connectivity index (χ0n) is 5.53. The standard InChI is InChI=1S/C2H7F2NO4P2/c1-2-9-11(4,8)5-10(3,6)7/h2H2,1H3,(H2,5,6,7,8). The van der Waals surface area contributed by atoms with E-state index in [2.05, 4.69) is 4.52 Å². The SMILES string of the molecule is CCOP(=O)(F)NP(=O)(O)F. The van der Waals surface area contributed by atoms with Gasteiger partial charge in [0.05, 0.1) is 6.61 Å². The van der Waals surface area contributed by atoms with Gasteiger partial charge in [0, 0.05) is 0 Å². The average Bonchev–Trinajstić information content (AvgIpc) is 1.55. The molecule has 0 fully saturated rings. The first kappa shape index (κ1) is 11.2. The monoisotopic (exact) mass is 209 g/mol. The lowest BCUT2D eigenvalue weighted by atomic mass is 10.9. The second kappa shape index (κ2) is 3.74. The van der Waals surface area contributed by atoms with E-state index in [1.54, 1.807) is 0 Å². The summed E-state index contributed by atoms with van der Waals surface area (Å²) in [6.07, 6.45) is 0. The maximum atomic E-state index is 12.2. The maximum Gasteiger partial charge on any atom is 0.452 e.